The first-order valence-electron chi connectivity index (χ1n) is 8.34. The molecule has 0 spiro atoms. The Morgan fingerprint density at radius 3 is 2.00 bits per heavy atom. The van der Waals surface area contributed by atoms with E-state index in [0.29, 0.717) is 20.1 Å². The molecule has 6 heteroatoms. The van der Waals surface area contributed by atoms with Crippen molar-refractivity contribution in [3.8, 4) is 0 Å². The molecule has 1 aliphatic heterocycles. The number of hydrogen-bond donors (Lipinski definition) is 0. The Labute approximate surface area is 177 Å². The molecular weight excluding hydrogens is 422 g/mol. The molecular formula is C21H14Cl4N2. The zero-order valence-corrected chi connectivity index (χ0v) is 17.1. The van der Waals surface area contributed by atoms with Gasteiger partial charge in [-0.15, -0.1) is 0 Å². The number of hydrogen-bond acceptors (Lipinski definition) is 2. The highest BCUT2D eigenvalue weighted by Gasteiger charge is 2.30. The summed E-state index contributed by atoms with van der Waals surface area (Å²) in [6.45, 7) is 0. The summed E-state index contributed by atoms with van der Waals surface area (Å²) < 4.78 is 0. The van der Waals surface area contributed by atoms with E-state index < -0.39 is 0 Å². The maximum Gasteiger partial charge on any atom is 0.0831 e. The smallest absolute Gasteiger partial charge is 0.0831 e. The summed E-state index contributed by atoms with van der Waals surface area (Å²) in [5.41, 5.74) is 4.03. The highest BCUT2D eigenvalue weighted by Crippen LogP contribution is 2.39. The van der Waals surface area contributed by atoms with Crippen molar-refractivity contribution >= 4 is 57.8 Å². The van der Waals surface area contributed by atoms with Crippen LogP contribution in [0.2, 0.25) is 20.1 Å². The fourth-order valence-electron chi connectivity index (χ4n) is 3.14. The summed E-state index contributed by atoms with van der Waals surface area (Å²) >= 11 is 24.4. The second-order valence-corrected chi connectivity index (χ2v) is 7.96. The Hall–Kier alpha value is -1.71. The first-order chi connectivity index (χ1) is 13.0. The van der Waals surface area contributed by atoms with Gasteiger partial charge in [0.05, 0.1) is 27.5 Å². The molecule has 0 aliphatic carbocycles. The van der Waals surface area contributed by atoms with Crippen LogP contribution in [0.5, 0.6) is 0 Å². The zero-order chi connectivity index (χ0) is 19.0. The van der Waals surface area contributed by atoms with Gasteiger partial charge >= 0.3 is 0 Å². The molecule has 1 heterocycles. The van der Waals surface area contributed by atoms with Crippen LogP contribution >= 0.6 is 46.4 Å². The van der Waals surface area contributed by atoms with Crippen molar-refractivity contribution in [2.75, 3.05) is 5.01 Å². The largest absolute Gasteiger partial charge is 0.257 e. The number of rotatable bonds is 3. The average molecular weight is 436 g/mol. The number of hydrazone groups is 1. The van der Waals surface area contributed by atoms with Crippen LogP contribution in [0.3, 0.4) is 0 Å². The minimum Gasteiger partial charge on any atom is -0.257 e. The molecule has 0 radical (unpaired) electrons. The topological polar surface area (TPSA) is 15.6 Å². The van der Waals surface area contributed by atoms with Crippen LogP contribution in [0.15, 0.2) is 71.8 Å². The van der Waals surface area contributed by atoms with Gasteiger partial charge in [0.2, 0.25) is 0 Å². The number of anilines is 1. The first kappa shape index (κ1) is 18.6. The Bertz CT molecular complexity index is 998. The molecule has 0 bridgehead atoms. The normalized spacial score (nSPS) is 16.5. The molecule has 0 unspecified atom stereocenters. The van der Waals surface area contributed by atoms with Gasteiger partial charge in [0, 0.05) is 16.5 Å². The third kappa shape index (κ3) is 3.95. The minimum atomic E-state index is 0.0326. The molecule has 0 N–H and O–H groups in total. The summed E-state index contributed by atoms with van der Waals surface area (Å²) in [7, 11) is 0. The summed E-state index contributed by atoms with van der Waals surface area (Å²) in [6.07, 6.45) is 0.753. The maximum atomic E-state index is 6.24. The van der Waals surface area contributed by atoms with Crippen LogP contribution in [-0.4, -0.2) is 5.71 Å². The summed E-state index contributed by atoms with van der Waals surface area (Å²) in [5.74, 6) is 0. The molecule has 1 aliphatic rings. The third-order valence-corrected chi connectivity index (χ3v) is 5.75. The van der Waals surface area contributed by atoms with Gasteiger partial charge in [-0.25, -0.2) is 0 Å². The molecule has 0 saturated heterocycles. The lowest BCUT2D eigenvalue weighted by Gasteiger charge is -2.24. The Morgan fingerprint density at radius 2 is 1.37 bits per heavy atom. The third-order valence-electron chi connectivity index (χ3n) is 4.51. The van der Waals surface area contributed by atoms with E-state index in [1.165, 1.54) is 0 Å². The van der Waals surface area contributed by atoms with Crippen molar-refractivity contribution in [3.63, 3.8) is 0 Å². The van der Waals surface area contributed by atoms with Gasteiger partial charge in [0.25, 0.3) is 0 Å². The molecule has 3 aromatic rings. The van der Waals surface area contributed by atoms with Gasteiger partial charge in [-0.2, -0.15) is 5.10 Å². The summed E-state index contributed by atoms with van der Waals surface area (Å²) in [4.78, 5) is 0. The average Bonchev–Trinajstić information content (AvgIpc) is 3.10. The van der Waals surface area contributed by atoms with Crippen molar-refractivity contribution in [1.29, 1.82) is 0 Å². The van der Waals surface area contributed by atoms with Gasteiger partial charge in [0.15, 0.2) is 0 Å². The molecule has 2 nitrogen and oxygen atoms in total. The van der Waals surface area contributed by atoms with E-state index in [9.17, 15) is 0 Å². The molecule has 0 saturated carbocycles. The summed E-state index contributed by atoms with van der Waals surface area (Å²) in [5, 5.41) is 9.29. The quantitative estimate of drug-likeness (QED) is 0.412. The van der Waals surface area contributed by atoms with Crippen molar-refractivity contribution in [2.24, 2.45) is 5.10 Å². The highest BCUT2D eigenvalue weighted by atomic mass is 35.5. The minimum absolute atomic E-state index is 0.0326. The molecule has 0 fully saturated rings. The fraction of sp³-hybridized carbons (Fsp3) is 0.0952. The fourth-order valence-corrected chi connectivity index (χ4v) is 3.68. The SMILES string of the molecule is Clc1ccc(C2=NN(c3ccc(Cl)c(Cl)c3)[C@@H](c3ccc(Cl)cc3)C2)cc1. The van der Waals surface area contributed by atoms with Gasteiger partial charge in [-0.3, -0.25) is 5.01 Å². The monoisotopic (exact) mass is 434 g/mol. The molecule has 27 heavy (non-hydrogen) atoms. The number of benzene rings is 3. The highest BCUT2D eigenvalue weighted by molar-refractivity contribution is 6.42. The molecule has 1 atom stereocenters. The van der Waals surface area contributed by atoms with Gasteiger partial charge in [-0.1, -0.05) is 70.7 Å². The van der Waals surface area contributed by atoms with E-state index in [2.05, 4.69) is 0 Å². The summed E-state index contributed by atoms with van der Waals surface area (Å²) in [6, 6.07) is 21.1. The van der Waals surface area contributed by atoms with E-state index in [1.807, 2.05) is 65.7 Å². The maximum absolute atomic E-state index is 6.24. The number of nitrogens with zero attached hydrogens (tertiary/aromatic N) is 2. The van der Waals surface area contributed by atoms with Crippen molar-refractivity contribution in [2.45, 2.75) is 12.5 Å². The molecule has 136 valence electrons. The second-order valence-electron chi connectivity index (χ2n) is 6.27. The lowest BCUT2D eigenvalue weighted by atomic mass is 9.98. The van der Waals surface area contributed by atoms with Crippen LogP contribution in [0, 0.1) is 0 Å². The second kappa shape index (κ2) is 7.73. The predicted molar refractivity (Wildman–Crippen MR) is 116 cm³/mol. The van der Waals surface area contributed by atoms with Crippen LogP contribution in [0.25, 0.3) is 0 Å². The Morgan fingerprint density at radius 1 is 0.741 bits per heavy atom. The van der Waals surface area contributed by atoms with Gasteiger partial charge in [0.1, 0.15) is 0 Å². The van der Waals surface area contributed by atoms with Crippen LogP contribution in [-0.2, 0) is 0 Å². The first-order valence-corrected chi connectivity index (χ1v) is 9.85. The number of halogens is 4. The Balaban J connectivity index is 1.76. The molecule has 0 amide bonds. The van der Waals surface area contributed by atoms with E-state index in [-0.39, 0.29) is 6.04 Å². The van der Waals surface area contributed by atoms with Crippen molar-refractivity contribution in [1.82, 2.24) is 0 Å². The lowest BCUT2D eigenvalue weighted by molar-refractivity contribution is 0.709. The lowest BCUT2D eigenvalue weighted by Crippen LogP contribution is -2.18. The van der Waals surface area contributed by atoms with E-state index in [4.69, 9.17) is 51.5 Å². The van der Waals surface area contributed by atoms with Crippen LogP contribution in [0.1, 0.15) is 23.6 Å². The zero-order valence-electron chi connectivity index (χ0n) is 14.0. The molecule has 3 aromatic carbocycles. The van der Waals surface area contributed by atoms with Crippen LogP contribution < -0.4 is 5.01 Å². The van der Waals surface area contributed by atoms with Gasteiger partial charge < -0.3 is 0 Å². The van der Waals surface area contributed by atoms with E-state index in [1.54, 1.807) is 6.07 Å². The molecule has 4 rings (SSSR count). The van der Waals surface area contributed by atoms with E-state index >= 15 is 0 Å². The molecule has 0 aromatic heterocycles. The van der Waals surface area contributed by atoms with Gasteiger partial charge in [-0.05, 0) is 53.6 Å². The predicted octanol–water partition coefficient (Wildman–Crippen LogP) is 7.66. The van der Waals surface area contributed by atoms with Crippen molar-refractivity contribution in [3.05, 3.63) is 97.9 Å². The standard InChI is InChI=1S/C21H14Cl4N2/c22-15-5-1-13(2-6-15)20-12-21(14-3-7-16(23)8-4-14)27(26-20)17-9-10-18(24)19(25)11-17/h1-11,21H,12H2/t21-/m1/s1. The van der Waals surface area contributed by atoms with Crippen LogP contribution in [0.4, 0.5) is 5.69 Å². The Kier molecular flexibility index (Phi) is 5.34. The van der Waals surface area contributed by atoms with E-state index in [0.717, 1.165) is 28.9 Å². The van der Waals surface area contributed by atoms with Crippen molar-refractivity contribution < 1.29 is 0 Å².